The van der Waals surface area contributed by atoms with Gasteiger partial charge in [0.2, 0.25) is 5.13 Å². The van der Waals surface area contributed by atoms with E-state index >= 15 is 0 Å². The van der Waals surface area contributed by atoms with E-state index in [9.17, 15) is 8.42 Å². The summed E-state index contributed by atoms with van der Waals surface area (Å²) in [6, 6.07) is 13.3. The highest BCUT2D eigenvalue weighted by molar-refractivity contribution is 7.93. The zero-order valence-electron chi connectivity index (χ0n) is 13.1. The first-order valence-corrected chi connectivity index (χ1v) is 10.0. The molecule has 0 saturated carbocycles. The fourth-order valence-electron chi connectivity index (χ4n) is 2.03. The van der Waals surface area contributed by atoms with Crippen LogP contribution in [0.3, 0.4) is 0 Å². The van der Waals surface area contributed by atoms with Gasteiger partial charge in [0.05, 0.1) is 11.5 Å². The molecule has 2 aromatic carbocycles. The van der Waals surface area contributed by atoms with Crippen molar-refractivity contribution in [3.05, 3.63) is 53.6 Å². The van der Waals surface area contributed by atoms with Crippen molar-refractivity contribution < 1.29 is 13.2 Å². The molecule has 0 saturated heterocycles. The summed E-state index contributed by atoms with van der Waals surface area (Å²) in [6.45, 7) is 2.38. The van der Waals surface area contributed by atoms with Crippen LogP contribution in [0.1, 0.15) is 6.92 Å². The SMILES string of the molecule is CCOc1ccc(S(=O)(=O)Nc2nnc(-c3ccc(Cl)cc3)s2)cc1. The predicted octanol–water partition coefficient (Wildman–Crippen LogP) is 4.06. The fraction of sp³-hybridized carbons (Fsp3) is 0.125. The van der Waals surface area contributed by atoms with Crippen LogP contribution in [0.2, 0.25) is 5.02 Å². The van der Waals surface area contributed by atoms with Gasteiger partial charge in [-0.15, -0.1) is 10.2 Å². The molecule has 0 aliphatic rings. The maximum Gasteiger partial charge on any atom is 0.263 e. The molecule has 1 heterocycles. The van der Waals surface area contributed by atoms with Gasteiger partial charge >= 0.3 is 0 Å². The van der Waals surface area contributed by atoms with Gasteiger partial charge in [0.25, 0.3) is 10.0 Å². The molecule has 6 nitrogen and oxygen atoms in total. The third kappa shape index (κ3) is 4.28. The van der Waals surface area contributed by atoms with E-state index in [4.69, 9.17) is 16.3 Å². The Bertz CT molecular complexity index is 955. The van der Waals surface area contributed by atoms with E-state index in [2.05, 4.69) is 14.9 Å². The van der Waals surface area contributed by atoms with E-state index in [-0.39, 0.29) is 10.0 Å². The normalized spacial score (nSPS) is 11.3. The van der Waals surface area contributed by atoms with E-state index in [0.717, 1.165) is 16.9 Å². The molecule has 3 rings (SSSR count). The van der Waals surface area contributed by atoms with Crippen LogP contribution in [0.25, 0.3) is 10.6 Å². The van der Waals surface area contributed by atoms with Gasteiger partial charge in [-0.05, 0) is 43.3 Å². The minimum absolute atomic E-state index is 0.124. The lowest BCUT2D eigenvalue weighted by Gasteiger charge is -2.06. The second-order valence-electron chi connectivity index (χ2n) is 4.93. The Morgan fingerprint density at radius 2 is 1.76 bits per heavy atom. The molecule has 0 spiro atoms. The lowest BCUT2D eigenvalue weighted by Crippen LogP contribution is -2.12. The molecule has 25 heavy (non-hydrogen) atoms. The highest BCUT2D eigenvalue weighted by Gasteiger charge is 2.17. The summed E-state index contributed by atoms with van der Waals surface area (Å²) < 4.78 is 32.6. The molecule has 0 amide bonds. The first-order chi connectivity index (χ1) is 12.0. The Morgan fingerprint density at radius 3 is 2.40 bits per heavy atom. The van der Waals surface area contributed by atoms with Gasteiger partial charge in [0, 0.05) is 10.6 Å². The molecule has 130 valence electrons. The number of hydrogen-bond acceptors (Lipinski definition) is 6. The Morgan fingerprint density at radius 1 is 1.08 bits per heavy atom. The molecule has 9 heteroatoms. The Labute approximate surface area is 154 Å². The van der Waals surface area contributed by atoms with Gasteiger partial charge in [0.15, 0.2) is 0 Å². The van der Waals surface area contributed by atoms with E-state index in [1.54, 1.807) is 36.4 Å². The summed E-state index contributed by atoms with van der Waals surface area (Å²) in [5.41, 5.74) is 0.813. The summed E-state index contributed by atoms with van der Waals surface area (Å²) in [6.07, 6.45) is 0. The quantitative estimate of drug-likeness (QED) is 0.680. The minimum Gasteiger partial charge on any atom is -0.494 e. The predicted molar refractivity (Wildman–Crippen MR) is 98.8 cm³/mol. The summed E-state index contributed by atoms with van der Waals surface area (Å²) in [4.78, 5) is 0.124. The van der Waals surface area contributed by atoms with E-state index < -0.39 is 10.0 Å². The van der Waals surface area contributed by atoms with Crippen LogP contribution >= 0.6 is 22.9 Å². The summed E-state index contributed by atoms with van der Waals surface area (Å²) >= 11 is 7.00. The average Bonchev–Trinajstić information content (AvgIpc) is 3.04. The van der Waals surface area contributed by atoms with Gasteiger partial charge in [-0.3, -0.25) is 4.72 Å². The zero-order chi connectivity index (χ0) is 17.9. The molecule has 0 atom stereocenters. The molecular weight excluding hydrogens is 382 g/mol. The highest BCUT2D eigenvalue weighted by Crippen LogP contribution is 2.28. The molecule has 0 radical (unpaired) electrons. The lowest BCUT2D eigenvalue weighted by molar-refractivity contribution is 0.340. The van der Waals surface area contributed by atoms with Crippen molar-refractivity contribution in [2.75, 3.05) is 11.3 Å². The van der Waals surface area contributed by atoms with Crippen molar-refractivity contribution in [2.24, 2.45) is 0 Å². The molecule has 1 N–H and O–H groups in total. The lowest BCUT2D eigenvalue weighted by atomic mass is 10.2. The van der Waals surface area contributed by atoms with Crippen LogP contribution in [0, 0.1) is 0 Å². The number of rotatable bonds is 6. The van der Waals surface area contributed by atoms with Crippen LogP contribution in [0.5, 0.6) is 5.75 Å². The number of anilines is 1. The van der Waals surface area contributed by atoms with Crippen molar-refractivity contribution in [3.63, 3.8) is 0 Å². The summed E-state index contributed by atoms with van der Waals surface area (Å²) in [7, 11) is -3.74. The molecule has 0 fully saturated rings. The monoisotopic (exact) mass is 395 g/mol. The average molecular weight is 396 g/mol. The molecule has 1 aromatic heterocycles. The molecule has 0 bridgehead atoms. The van der Waals surface area contributed by atoms with E-state index in [1.807, 2.05) is 6.92 Å². The van der Waals surface area contributed by atoms with Gasteiger partial charge in [0.1, 0.15) is 10.8 Å². The Balaban J connectivity index is 1.78. The van der Waals surface area contributed by atoms with E-state index in [1.165, 1.54) is 12.1 Å². The van der Waals surface area contributed by atoms with Crippen LogP contribution in [0.15, 0.2) is 53.4 Å². The van der Waals surface area contributed by atoms with Crippen molar-refractivity contribution in [1.29, 1.82) is 0 Å². The summed E-state index contributed by atoms with van der Waals surface area (Å²) in [5.74, 6) is 0.613. The molecule has 0 aliphatic carbocycles. The maximum absolute atomic E-state index is 12.4. The number of halogens is 1. The topological polar surface area (TPSA) is 81.2 Å². The Hall–Kier alpha value is -2.16. The number of nitrogens with one attached hydrogen (secondary N) is 1. The van der Waals surface area contributed by atoms with Gasteiger partial charge < -0.3 is 4.74 Å². The number of hydrogen-bond donors (Lipinski definition) is 1. The van der Waals surface area contributed by atoms with Crippen LogP contribution in [0.4, 0.5) is 5.13 Å². The number of benzene rings is 2. The zero-order valence-corrected chi connectivity index (χ0v) is 15.5. The van der Waals surface area contributed by atoms with Gasteiger partial charge in [-0.25, -0.2) is 8.42 Å². The van der Waals surface area contributed by atoms with Crippen LogP contribution in [-0.4, -0.2) is 25.2 Å². The highest BCUT2D eigenvalue weighted by atomic mass is 35.5. The van der Waals surface area contributed by atoms with Crippen LogP contribution in [-0.2, 0) is 10.0 Å². The fourth-order valence-corrected chi connectivity index (χ4v) is 4.13. The summed E-state index contributed by atoms with van der Waals surface area (Å²) in [5, 5.41) is 9.31. The third-order valence-corrected chi connectivity index (χ3v) is 5.81. The maximum atomic E-state index is 12.4. The molecule has 3 aromatic rings. The first-order valence-electron chi connectivity index (χ1n) is 7.33. The van der Waals surface area contributed by atoms with Crippen molar-refractivity contribution in [1.82, 2.24) is 10.2 Å². The number of sulfonamides is 1. The number of aromatic nitrogens is 2. The second-order valence-corrected chi connectivity index (χ2v) is 8.03. The Kier molecular flexibility index (Phi) is 5.22. The largest absolute Gasteiger partial charge is 0.494 e. The van der Waals surface area contributed by atoms with Crippen molar-refractivity contribution in [3.8, 4) is 16.3 Å². The third-order valence-electron chi connectivity index (χ3n) is 3.18. The van der Waals surface area contributed by atoms with Gasteiger partial charge in [-0.1, -0.05) is 35.1 Å². The molecule has 0 unspecified atom stereocenters. The van der Waals surface area contributed by atoms with Gasteiger partial charge in [-0.2, -0.15) is 0 Å². The van der Waals surface area contributed by atoms with Crippen molar-refractivity contribution in [2.45, 2.75) is 11.8 Å². The van der Waals surface area contributed by atoms with Crippen LogP contribution < -0.4 is 9.46 Å². The minimum atomic E-state index is -3.74. The van der Waals surface area contributed by atoms with E-state index in [0.29, 0.717) is 22.4 Å². The van der Waals surface area contributed by atoms with Crippen molar-refractivity contribution >= 4 is 38.1 Å². The molecular formula is C16H14ClN3O3S2. The number of nitrogens with zero attached hydrogens (tertiary/aromatic N) is 2. The standard InChI is InChI=1S/C16H14ClN3O3S2/c1-2-23-13-7-9-14(10-8-13)25(21,22)20-16-19-18-15(24-16)11-3-5-12(17)6-4-11/h3-10H,2H2,1H3,(H,19,20). The molecule has 0 aliphatic heterocycles. The first kappa shape index (κ1) is 17.7. The second kappa shape index (κ2) is 7.38. The smallest absolute Gasteiger partial charge is 0.263 e. The number of ether oxygens (including phenoxy) is 1.